The van der Waals surface area contributed by atoms with Crippen LogP contribution in [0, 0.1) is 11.3 Å². The largest absolute Gasteiger partial charge is 0.440 e. The number of nitrogens with zero attached hydrogens (tertiary/aromatic N) is 3. The molecular weight excluding hydrogens is 336 g/mol. The van der Waals surface area contributed by atoms with Crippen LogP contribution < -0.4 is 20.3 Å². The number of rotatable bonds is 2. The van der Waals surface area contributed by atoms with Crippen LogP contribution in [-0.4, -0.2) is 27.7 Å². The molecule has 0 amide bonds. The van der Waals surface area contributed by atoms with Crippen LogP contribution in [-0.2, 0) is 6.42 Å². The monoisotopic (exact) mass is 360 g/mol. The van der Waals surface area contributed by atoms with Gasteiger partial charge < -0.3 is 20.3 Å². The van der Waals surface area contributed by atoms with Crippen molar-refractivity contribution in [2.24, 2.45) is 5.73 Å². The summed E-state index contributed by atoms with van der Waals surface area (Å²) in [5.74, 6) is 0.714. The summed E-state index contributed by atoms with van der Waals surface area (Å²) in [6.45, 7) is 1.08. The van der Waals surface area contributed by atoms with E-state index in [0.717, 1.165) is 42.0 Å². The maximum absolute atomic E-state index is 9.76. The highest BCUT2D eigenvalue weighted by Crippen LogP contribution is 2.44. The van der Waals surface area contributed by atoms with Gasteiger partial charge in [0, 0.05) is 50.7 Å². The zero-order valence-corrected chi connectivity index (χ0v) is 16.0. The first kappa shape index (κ1) is 17.3. The highest BCUT2D eigenvalue weighted by atomic mass is 16.5. The molecule has 0 spiro atoms. The van der Waals surface area contributed by atoms with Crippen molar-refractivity contribution in [2.45, 2.75) is 18.8 Å². The van der Waals surface area contributed by atoms with Crippen LogP contribution in [0.25, 0.3) is 0 Å². The van der Waals surface area contributed by atoms with E-state index in [9.17, 15) is 5.26 Å². The van der Waals surface area contributed by atoms with E-state index in [0.29, 0.717) is 5.57 Å². The number of nitrogens with two attached hydrogens (primary N) is 1. The zero-order valence-electron chi connectivity index (χ0n) is 16.0. The van der Waals surface area contributed by atoms with Gasteiger partial charge in [-0.25, -0.2) is 0 Å². The molecule has 2 N–H and O–H groups in total. The Hall–Kier alpha value is -3.13. The average molecular weight is 360 g/mol. The number of aryl methyl sites for hydroxylation is 1. The van der Waals surface area contributed by atoms with Crippen molar-refractivity contribution in [3.05, 3.63) is 64.5 Å². The third kappa shape index (κ3) is 2.87. The SMILES string of the molecule is CN(C)c1ccc2c(c1)OC(N)=C(C#N)C2c1ccc2c(c1)CCCN2C. The quantitative estimate of drug-likeness (QED) is 0.890. The minimum atomic E-state index is -0.201. The lowest BCUT2D eigenvalue weighted by Crippen LogP contribution is -2.25. The predicted molar refractivity (Wildman–Crippen MR) is 108 cm³/mol. The maximum Gasteiger partial charge on any atom is 0.205 e. The van der Waals surface area contributed by atoms with Crippen molar-refractivity contribution in [1.29, 1.82) is 5.26 Å². The lowest BCUT2D eigenvalue weighted by molar-refractivity contribution is 0.394. The molecule has 2 aliphatic heterocycles. The first-order valence-corrected chi connectivity index (χ1v) is 9.22. The number of hydrogen-bond acceptors (Lipinski definition) is 5. The second-order valence-corrected chi connectivity index (χ2v) is 7.45. The van der Waals surface area contributed by atoms with Crippen LogP contribution in [0.3, 0.4) is 0 Å². The van der Waals surface area contributed by atoms with Gasteiger partial charge in [-0.2, -0.15) is 5.26 Å². The number of benzene rings is 2. The summed E-state index contributed by atoms with van der Waals surface area (Å²) in [6.07, 6.45) is 2.21. The van der Waals surface area contributed by atoms with Gasteiger partial charge in [0.15, 0.2) is 0 Å². The molecule has 2 aliphatic rings. The molecule has 27 heavy (non-hydrogen) atoms. The Morgan fingerprint density at radius 1 is 1.22 bits per heavy atom. The molecule has 2 aromatic carbocycles. The van der Waals surface area contributed by atoms with Crippen LogP contribution in [0.1, 0.15) is 29.0 Å². The van der Waals surface area contributed by atoms with Crippen LogP contribution >= 0.6 is 0 Å². The molecule has 5 nitrogen and oxygen atoms in total. The van der Waals surface area contributed by atoms with Gasteiger partial charge in [-0.05, 0) is 36.1 Å². The summed E-state index contributed by atoms with van der Waals surface area (Å²) in [6, 6.07) is 14.9. The van der Waals surface area contributed by atoms with Crippen molar-refractivity contribution < 1.29 is 4.74 Å². The van der Waals surface area contributed by atoms with E-state index >= 15 is 0 Å². The second kappa shape index (κ2) is 6.55. The van der Waals surface area contributed by atoms with E-state index in [1.807, 2.05) is 31.1 Å². The number of nitriles is 1. The van der Waals surface area contributed by atoms with E-state index in [1.54, 1.807) is 0 Å². The molecule has 5 heteroatoms. The van der Waals surface area contributed by atoms with Gasteiger partial charge in [0.1, 0.15) is 17.4 Å². The Morgan fingerprint density at radius 3 is 2.78 bits per heavy atom. The number of allylic oxidation sites excluding steroid dienone is 1. The first-order valence-electron chi connectivity index (χ1n) is 9.22. The minimum Gasteiger partial charge on any atom is -0.440 e. The molecule has 0 aromatic heterocycles. The predicted octanol–water partition coefficient (Wildman–Crippen LogP) is 3.35. The van der Waals surface area contributed by atoms with Crippen molar-refractivity contribution in [3.63, 3.8) is 0 Å². The summed E-state index contributed by atoms with van der Waals surface area (Å²) in [5.41, 5.74) is 12.3. The summed E-state index contributed by atoms with van der Waals surface area (Å²) in [5, 5.41) is 9.76. The van der Waals surface area contributed by atoms with E-state index in [4.69, 9.17) is 10.5 Å². The van der Waals surface area contributed by atoms with Crippen molar-refractivity contribution in [2.75, 3.05) is 37.5 Å². The Balaban J connectivity index is 1.85. The fraction of sp³-hybridized carbons (Fsp3) is 0.318. The summed E-state index contributed by atoms with van der Waals surface area (Å²) in [7, 11) is 6.10. The Labute approximate surface area is 160 Å². The third-order valence-corrected chi connectivity index (χ3v) is 5.51. The van der Waals surface area contributed by atoms with E-state index in [1.165, 1.54) is 11.3 Å². The van der Waals surface area contributed by atoms with E-state index in [-0.39, 0.29) is 11.8 Å². The molecule has 0 saturated carbocycles. The molecule has 0 aliphatic carbocycles. The molecule has 138 valence electrons. The van der Waals surface area contributed by atoms with Crippen molar-refractivity contribution in [3.8, 4) is 11.8 Å². The van der Waals surface area contributed by atoms with Crippen LogP contribution in [0.4, 0.5) is 11.4 Å². The zero-order chi connectivity index (χ0) is 19.1. The lowest BCUT2D eigenvalue weighted by atomic mass is 9.82. The highest BCUT2D eigenvalue weighted by molar-refractivity contribution is 5.63. The Kier molecular flexibility index (Phi) is 4.19. The number of fused-ring (bicyclic) bond motifs is 2. The Morgan fingerprint density at radius 2 is 2.04 bits per heavy atom. The lowest BCUT2D eigenvalue weighted by Gasteiger charge is -2.31. The molecule has 0 saturated heterocycles. The van der Waals surface area contributed by atoms with Gasteiger partial charge in [0.25, 0.3) is 0 Å². The second-order valence-electron chi connectivity index (χ2n) is 7.45. The first-order chi connectivity index (χ1) is 13.0. The van der Waals surface area contributed by atoms with Crippen molar-refractivity contribution >= 4 is 11.4 Å². The van der Waals surface area contributed by atoms with Gasteiger partial charge in [-0.1, -0.05) is 18.2 Å². The van der Waals surface area contributed by atoms with Crippen LogP contribution in [0.5, 0.6) is 5.75 Å². The standard InChI is InChI=1S/C22H24N4O/c1-25(2)16-7-8-17-20(12-16)27-22(24)18(13-23)21(17)15-6-9-19-14(11-15)5-4-10-26(19)3/h6-9,11-12,21H,4-5,10,24H2,1-3H3. The summed E-state index contributed by atoms with van der Waals surface area (Å²) in [4.78, 5) is 4.31. The molecule has 1 unspecified atom stereocenters. The molecule has 1 atom stereocenters. The van der Waals surface area contributed by atoms with Gasteiger partial charge in [-0.15, -0.1) is 0 Å². The normalized spacial score (nSPS) is 18.3. The smallest absolute Gasteiger partial charge is 0.205 e. The van der Waals surface area contributed by atoms with Crippen LogP contribution in [0.15, 0.2) is 47.9 Å². The summed E-state index contributed by atoms with van der Waals surface area (Å²) >= 11 is 0. The van der Waals surface area contributed by atoms with Gasteiger partial charge in [0.2, 0.25) is 5.88 Å². The number of ether oxygens (including phenoxy) is 1. The molecule has 0 fully saturated rings. The topological polar surface area (TPSA) is 65.5 Å². The van der Waals surface area contributed by atoms with Gasteiger partial charge in [0.05, 0.1) is 5.92 Å². The molecule has 2 aromatic rings. The van der Waals surface area contributed by atoms with Crippen LogP contribution in [0.2, 0.25) is 0 Å². The number of anilines is 2. The fourth-order valence-corrected chi connectivity index (χ4v) is 4.05. The Bertz CT molecular complexity index is 971. The average Bonchev–Trinajstić information content (AvgIpc) is 2.66. The van der Waals surface area contributed by atoms with Crippen molar-refractivity contribution in [1.82, 2.24) is 0 Å². The number of hydrogen-bond donors (Lipinski definition) is 1. The molecular formula is C22H24N4O. The molecule has 2 heterocycles. The van der Waals surface area contributed by atoms with E-state index < -0.39 is 0 Å². The molecule has 4 rings (SSSR count). The highest BCUT2D eigenvalue weighted by Gasteiger charge is 2.31. The molecule has 0 bridgehead atoms. The van der Waals surface area contributed by atoms with E-state index in [2.05, 4.69) is 42.3 Å². The maximum atomic E-state index is 9.76. The van der Waals surface area contributed by atoms with Gasteiger partial charge in [-0.3, -0.25) is 0 Å². The fourth-order valence-electron chi connectivity index (χ4n) is 4.05. The van der Waals surface area contributed by atoms with Gasteiger partial charge >= 0.3 is 0 Å². The third-order valence-electron chi connectivity index (χ3n) is 5.51. The summed E-state index contributed by atoms with van der Waals surface area (Å²) < 4.78 is 5.81. The minimum absolute atomic E-state index is 0.195. The molecule has 0 radical (unpaired) electrons.